The molecule has 0 aromatic carbocycles. The number of aryl methyl sites for hydroxylation is 1. The molecular weight excluding hydrogens is 176 g/mol. The Balaban J connectivity index is 2.68. The fourth-order valence-electron chi connectivity index (χ4n) is 2.39. The lowest BCUT2D eigenvalue weighted by atomic mass is 10.0. The third-order valence-electron chi connectivity index (χ3n) is 3.06. The molecule has 0 radical (unpaired) electrons. The van der Waals surface area contributed by atoms with Crippen molar-refractivity contribution in [3.63, 3.8) is 0 Å². The first-order valence-corrected chi connectivity index (χ1v) is 5.44. The second kappa shape index (κ2) is 3.60. The van der Waals surface area contributed by atoms with Crippen LogP contribution in [0.25, 0.3) is 0 Å². The molecule has 0 fully saturated rings. The van der Waals surface area contributed by atoms with Crippen LogP contribution in [0.2, 0.25) is 0 Å². The monoisotopic (exact) mass is 192 g/mol. The molecule has 0 bridgehead atoms. The van der Waals surface area contributed by atoms with Crippen molar-refractivity contribution in [2.45, 2.75) is 46.0 Å². The molecule has 76 valence electrons. The van der Waals surface area contributed by atoms with E-state index in [4.69, 9.17) is 4.42 Å². The highest BCUT2D eigenvalue weighted by Crippen LogP contribution is 2.27. The van der Waals surface area contributed by atoms with Crippen molar-refractivity contribution in [3.05, 3.63) is 32.9 Å². The summed E-state index contributed by atoms with van der Waals surface area (Å²) in [7, 11) is 0. The summed E-state index contributed by atoms with van der Waals surface area (Å²) in [5, 5.41) is 0. The van der Waals surface area contributed by atoms with Gasteiger partial charge in [-0.1, -0.05) is 13.8 Å². The Kier molecular flexibility index (Phi) is 2.44. The van der Waals surface area contributed by atoms with E-state index in [1.54, 1.807) is 0 Å². The van der Waals surface area contributed by atoms with Crippen LogP contribution >= 0.6 is 0 Å². The van der Waals surface area contributed by atoms with Gasteiger partial charge in [-0.05, 0) is 36.8 Å². The highest BCUT2D eigenvalue weighted by Gasteiger charge is 2.21. The fourth-order valence-corrected chi connectivity index (χ4v) is 2.39. The van der Waals surface area contributed by atoms with Crippen LogP contribution in [0.5, 0.6) is 0 Å². The van der Waals surface area contributed by atoms with E-state index in [-0.39, 0.29) is 5.63 Å². The Bertz CT molecular complexity index is 402. The van der Waals surface area contributed by atoms with E-state index in [1.807, 2.05) is 13.8 Å². The molecule has 0 atom stereocenters. The topological polar surface area (TPSA) is 30.2 Å². The molecule has 0 unspecified atom stereocenters. The molecule has 1 aromatic heterocycles. The van der Waals surface area contributed by atoms with Gasteiger partial charge < -0.3 is 4.42 Å². The smallest absolute Gasteiger partial charge is 0.339 e. The molecule has 0 amide bonds. The summed E-state index contributed by atoms with van der Waals surface area (Å²) < 4.78 is 5.34. The summed E-state index contributed by atoms with van der Waals surface area (Å²) in [5.74, 6) is 0.916. The summed E-state index contributed by atoms with van der Waals surface area (Å²) >= 11 is 0. The number of fused-ring (bicyclic) bond motifs is 1. The molecule has 2 rings (SSSR count). The van der Waals surface area contributed by atoms with Crippen molar-refractivity contribution >= 4 is 0 Å². The first-order valence-electron chi connectivity index (χ1n) is 5.44. The molecule has 0 saturated heterocycles. The van der Waals surface area contributed by atoms with Crippen molar-refractivity contribution in [1.82, 2.24) is 0 Å². The van der Waals surface area contributed by atoms with E-state index < -0.39 is 0 Å². The van der Waals surface area contributed by atoms with Gasteiger partial charge in [0.25, 0.3) is 0 Å². The maximum atomic E-state index is 11.6. The third kappa shape index (κ3) is 1.29. The van der Waals surface area contributed by atoms with Gasteiger partial charge >= 0.3 is 5.63 Å². The van der Waals surface area contributed by atoms with E-state index in [0.717, 1.165) is 37.0 Å². The number of hydrogen-bond acceptors (Lipinski definition) is 2. The van der Waals surface area contributed by atoms with Crippen LogP contribution in [0, 0.1) is 0 Å². The zero-order valence-corrected chi connectivity index (χ0v) is 8.85. The van der Waals surface area contributed by atoms with Gasteiger partial charge in [0.15, 0.2) is 0 Å². The van der Waals surface area contributed by atoms with Gasteiger partial charge in [0.2, 0.25) is 0 Å². The minimum absolute atomic E-state index is 0.106. The molecule has 0 aliphatic heterocycles. The first kappa shape index (κ1) is 9.50. The summed E-state index contributed by atoms with van der Waals surface area (Å²) in [6.45, 7) is 4.07. The predicted octanol–water partition coefficient (Wildman–Crippen LogP) is 2.25. The van der Waals surface area contributed by atoms with Crippen LogP contribution in [0.3, 0.4) is 0 Å². The summed E-state index contributed by atoms with van der Waals surface area (Å²) in [4.78, 5) is 11.6. The molecular formula is C12H16O2. The number of rotatable bonds is 2. The molecule has 0 N–H and O–H groups in total. The Labute approximate surface area is 83.9 Å². The molecule has 14 heavy (non-hydrogen) atoms. The SMILES string of the molecule is CCc1oc(=O)c(CC)c2c1CCC2. The van der Waals surface area contributed by atoms with E-state index >= 15 is 0 Å². The van der Waals surface area contributed by atoms with Gasteiger partial charge in [-0.3, -0.25) is 0 Å². The van der Waals surface area contributed by atoms with Crippen LogP contribution in [0.15, 0.2) is 9.21 Å². The van der Waals surface area contributed by atoms with Crippen LogP contribution in [-0.2, 0) is 25.7 Å². The fraction of sp³-hybridized carbons (Fsp3) is 0.583. The summed E-state index contributed by atoms with van der Waals surface area (Å²) in [6.07, 6.45) is 4.97. The van der Waals surface area contributed by atoms with Crippen molar-refractivity contribution in [2.24, 2.45) is 0 Å². The highest BCUT2D eigenvalue weighted by atomic mass is 16.4. The van der Waals surface area contributed by atoms with E-state index in [9.17, 15) is 4.79 Å². The first-order chi connectivity index (χ1) is 6.77. The zero-order valence-electron chi connectivity index (χ0n) is 8.85. The third-order valence-corrected chi connectivity index (χ3v) is 3.06. The molecule has 1 aliphatic rings. The zero-order chi connectivity index (χ0) is 10.1. The van der Waals surface area contributed by atoms with Gasteiger partial charge in [-0.2, -0.15) is 0 Å². The second-order valence-corrected chi connectivity index (χ2v) is 3.81. The Morgan fingerprint density at radius 1 is 1.14 bits per heavy atom. The van der Waals surface area contributed by atoms with Crippen molar-refractivity contribution in [1.29, 1.82) is 0 Å². The number of hydrogen-bond donors (Lipinski definition) is 0. The normalized spacial score (nSPS) is 14.4. The van der Waals surface area contributed by atoms with Crippen LogP contribution < -0.4 is 5.63 Å². The molecule has 0 saturated carbocycles. The highest BCUT2D eigenvalue weighted by molar-refractivity contribution is 5.38. The van der Waals surface area contributed by atoms with E-state index in [0.29, 0.717) is 0 Å². The van der Waals surface area contributed by atoms with Crippen LogP contribution in [-0.4, -0.2) is 0 Å². The summed E-state index contributed by atoms with van der Waals surface area (Å²) in [5.41, 5.74) is 3.42. The molecule has 2 heteroatoms. The molecule has 1 aromatic rings. The minimum atomic E-state index is -0.106. The van der Waals surface area contributed by atoms with Crippen molar-refractivity contribution in [2.75, 3.05) is 0 Å². The molecule has 2 nitrogen and oxygen atoms in total. The molecule has 0 spiro atoms. The average molecular weight is 192 g/mol. The van der Waals surface area contributed by atoms with E-state index in [2.05, 4.69) is 0 Å². The van der Waals surface area contributed by atoms with E-state index in [1.165, 1.54) is 17.5 Å². The summed E-state index contributed by atoms with van der Waals surface area (Å²) in [6, 6.07) is 0. The lowest BCUT2D eigenvalue weighted by Crippen LogP contribution is -2.13. The van der Waals surface area contributed by atoms with Gasteiger partial charge in [0.05, 0.1) is 0 Å². The average Bonchev–Trinajstić information content (AvgIpc) is 2.65. The predicted molar refractivity (Wildman–Crippen MR) is 55.8 cm³/mol. The Hall–Kier alpha value is -1.05. The second-order valence-electron chi connectivity index (χ2n) is 3.81. The maximum absolute atomic E-state index is 11.6. The van der Waals surface area contributed by atoms with Crippen molar-refractivity contribution in [3.8, 4) is 0 Å². The quantitative estimate of drug-likeness (QED) is 0.719. The molecule has 1 heterocycles. The van der Waals surface area contributed by atoms with Gasteiger partial charge in [-0.15, -0.1) is 0 Å². The maximum Gasteiger partial charge on any atom is 0.339 e. The standard InChI is InChI=1S/C12H16O2/c1-3-8-9-6-5-7-10(9)11(4-2)14-12(8)13/h3-7H2,1-2H3. The lowest BCUT2D eigenvalue weighted by molar-refractivity contribution is 0.450. The van der Waals surface area contributed by atoms with Gasteiger partial charge in [0, 0.05) is 12.0 Å². The molecule has 1 aliphatic carbocycles. The largest absolute Gasteiger partial charge is 0.427 e. The van der Waals surface area contributed by atoms with Gasteiger partial charge in [0.1, 0.15) is 5.76 Å². The van der Waals surface area contributed by atoms with Gasteiger partial charge in [-0.25, -0.2) is 4.79 Å². The minimum Gasteiger partial charge on any atom is -0.427 e. The Morgan fingerprint density at radius 3 is 2.50 bits per heavy atom. The van der Waals surface area contributed by atoms with Crippen LogP contribution in [0.1, 0.15) is 42.7 Å². The lowest BCUT2D eigenvalue weighted by Gasteiger charge is -2.07. The van der Waals surface area contributed by atoms with Crippen molar-refractivity contribution < 1.29 is 4.42 Å². The Morgan fingerprint density at radius 2 is 1.86 bits per heavy atom. The van der Waals surface area contributed by atoms with Crippen LogP contribution in [0.4, 0.5) is 0 Å².